The standard InChI is InChI=1S/C26H35NO4S.H2/c1-16(28)27-12-13-32-21-15-17-14-18(29)4-8-24(17,2)19-5-9-25(3)20(23(19)21)6-10-26(25)11-7-22(30)31-26;/h5,14,20-21,23H,4,6-13,15H2,1-3H3,(H,27,28);1H/t20?,21-,23?,24+,25+,26-;/m1./s1. The molecule has 1 aliphatic heterocycles. The fraction of sp³-hybridized carbons (Fsp3) is 0.731. The number of nitrogens with one attached hydrogen (secondary N) is 1. The second-order valence-electron chi connectivity index (χ2n) is 11.0. The molecule has 32 heavy (non-hydrogen) atoms. The van der Waals surface area contributed by atoms with Gasteiger partial charge in [-0.15, -0.1) is 0 Å². The summed E-state index contributed by atoms with van der Waals surface area (Å²) in [7, 11) is 0. The number of ketones is 1. The van der Waals surface area contributed by atoms with Crippen LogP contribution in [0, 0.1) is 22.7 Å². The molecule has 176 valence electrons. The van der Waals surface area contributed by atoms with Crippen LogP contribution in [0.2, 0.25) is 0 Å². The molecule has 1 spiro atoms. The molecule has 0 aromatic heterocycles. The van der Waals surface area contributed by atoms with E-state index in [0.29, 0.717) is 36.5 Å². The highest BCUT2D eigenvalue weighted by Crippen LogP contribution is 2.69. The minimum atomic E-state index is -0.304. The molecule has 0 radical (unpaired) electrons. The molecule has 4 aliphatic carbocycles. The average molecular weight is 460 g/mol. The highest BCUT2D eigenvalue weighted by molar-refractivity contribution is 7.99. The number of carbonyl (C=O) groups is 3. The van der Waals surface area contributed by atoms with Crippen LogP contribution in [-0.2, 0) is 19.1 Å². The van der Waals surface area contributed by atoms with E-state index in [1.54, 1.807) is 6.92 Å². The monoisotopic (exact) mass is 459 g/mol. The van der Waals surface area contributed by atoms with Gasteiger partial charge in [0.05, 0.1) is 0 Å². The summed E-state index contributed by atoms with van der Waals surface area (Å²) in [5.74, 6) is 2.03. The number of rotatable bonds is 4. The Morgan fingerprint density at radius 3 is 2.78 bits per heavy atom. The van der Waals surface area contributed by atoms with Gasteiger partial charge >= 0.3 is 5.97 Å². The second kappa shape index (κ2) is 7.75. The maximum Gasteiger partial charge on any atom is 0.306 e. The van der Waals surface area contributed by atoms with Gasteiger partial charge in [-0.3, -0.25) is 14.4 Å². The van der Waals surface area contributed by atoms with Crippen LogP contribution in [0.25, 0.3) is 0 Å². The summed E-state index contributed by atoms with van der Waals surface area (Å²) < 4.78 is 6.09. The van der Waals surface area contributed by atoms with Crippen molar-refractivity contribution in [2.24, 2.45) is 22.7 Å². The van der Waals surface area contributed by atoms with Gasteiger partial charge in [0.15, 0.2) is 5.78 Å². The fourth-order valence-electron chi connectivity index (χ4n) is 7.69. The number of hydrogen-bond donors (Lipinski definition) is 1. The van der Waals surface area contributed by atoms with Gasteiger partial charge in [-0.05, 0) is 56.4 Å². The molecule has 6 atom stereocenters. The van der Waals surface area contributed by atoms with Crippen LogP contribution in [0.4, 0.5) is 0 Å². The van der Waals surface area contributed by atoms with E-state index < -0.39 is 0 Å². The van der Waals surface area contributed by atoms with Crippen molar-refractivity contribution in [2.45, 2.75) is 83.0 Å². The van der Waals surface area contributed by atoms with E-state index in [1.165, 1.54) is 11.1 Å². The SMILES string of the molecule is CC(=O)NCCS[C@@H]1CC2=CC(=O)CC[C@]2(C)C2=CC[C@@]3(C)C(CC[C@@]34CCC(=O)O4)C21.[HH]. The van der Waals surface area contributed by atoms with E-state index in [0.717, 1.165) is 44.3 Å². The van der Waals surface area contributed by atoms with Crippen LogP contribution in [0.1, 0.15) is 73.6 Å². The highest BCUT2D eigenvalue weighted by atomic mass is 32.2. The molecule has 0 aromatic carbocycles. The second-order valence-corrected chi connectivity index (χ2v) is 12.3. The smallest absolute Gasteiger partial charge is 0.306 e. The Hall–Kier alpha value is -1.56. The zero-order valence-corrected chi connectivity index (χ0v) is 20.3. The third-order valence-electron chi connectivity index (χ3n) is 9.48. The Labute approximate surface area is 196 Å². The zero-order chi connectivity index (χ0) is 22.7. The Bertz CT molecular complexity index is 931. The molecule has 5 nitrogen and oxygen atoms in total. The minimum absolute atomic E-state index is 0. The topological polar surface area (TPSA) is 72.5 Å². The first-order valence-electron chi connectivity index (χ1n) is 12.2. The van der Waals surface area contributed by atoms with Crippen molar-refractivity contribution in [3.05, 3.63) is 23.3 Å². The minimum Gasteiger partial charge on any atom is -0.458 e. The maximum atomic E-state index is 12.3. The third-order valence-corrected chi connectivity index (χ3v) is 10.8. The molecule has 1 saturated heterocycles. The van der Waals surface area contributed by atoms with E-state index in [1.807, 2.05) is 17.8 Å². The fourth-order valence-corrected chi connectivity index (χ4v) is 9.05. The summed E-state index contributed by atoms with van der Waals surface area (Å²) in [5.41, 5.74) is 2.49. The van der Waals surface area contributed by atoms with Gasteiger partial charge in [0.2, 0.25) is 5.91 Å². The van der Waals surface area contributed by atoms with E-state index >= 15 is 0 Å². The lowest BCUT2D eigenvalue weighted by atomic mass is 9.50. The number of fused-ring (bicyclic) bond motifs is 6. The number of allylic oxidation sites excluding steroid dienone is 4. The number of esters is 1. The first-order valence-corrected chi connectivity index (χ1v) is 13.3. The molecule has 5 rings (SSSR count). The molecule has 2 saturated carbocycles. The van der Waals surface area contributed by atoms with Gasteiger partial charge in [0, 0.05) is 49.6 Å². The van der Waals surface area contributed by atoms with Gasteiger partial charge in [-0.2, -0.15) is 11.8 Å². The molecule has 2 unspecified atom stereocenters. The largest absolute Gasteiger partial charge is 0.458 e. The normalized spacial score (nSPS) is 42.5. The zero-order valence-electron chi connectivity index (χ0n) is 19.5. The van der Waals surface area contributed by atoms with Crippen molar-refractivity contribution in [1.82, 2.24) is 5.32 Å². The number of amides is 1. The lowest BCUT2D eigenvalue weighted by Gasteiger charge is -2.57. The Kier molecular flexibility index (Phi) is 5.39. The van der Waals surface area contributed by atoms with Gasteiger partial charge in [-0.1, -0.05) is 31.1 Å². The number of ether oxygens (including phenoxy) is 1. The molecule has 0 bridgehead atoms. The summed E-state index contributed by atoms with van der Waals surface area (Å²) in [5, 5.41) is 3.31. The molecule has 1 N–H and O–H groups in total. The van der Waals surface area contributed by atoms with Crippen LogP contribution >= 0.6 is 11.8 Å². The molecular formula is C26H37NO4S. The quantitative estimate of drug-likeness (QED) is 0.378. The lowest BCUT2D eigenvalue weighted by molar-refractivity contribution is -0.160. The van der Waals surface area contributed by atoms with Crippen LogP contribution in [0.5, 0.6) is 0 Å². The molecule has 0 aromatic rings. The molecule has 5 aliphatic rings. The van der Waals surface area contributed by atoms with Crippen molar-refractivity contribution in [3.8, 4) is 0 Å². The van der Waals surface area contributed by atoms with Gasteiger partial charge in [-0.25, -0.2) is 0 Å². The van der Waals surface area contributed by atoms with Crippen molar-refractivity contribution in [2.75, 3.05) is 12.3 Å². The van der Waals surface area contributed by atoms with Crippen LogP contribution in [0.3, 0.4) is 0 Å². The Morgan fingerprint density at radius 1 is 1.25 bits per heavy atom. The predicted molar refractivity (Wildman–Crippen MR) is 127 cm³/mol. The maximum absolute atomic E-state index is 12.3. The van der Waals surface area contributed by atoms with Crippen molar-refractivity contribution < 1.29 is 20.5 Å². The van der Waals surface area contributed by atoms with E-state index in [-0.39, 0.29) is 35.5 Å². The molecule has 1 heterocycles. The van der Waals surface area contributed by atoms with Gasteiger partial charge in [0.25, 0.3) is 0 Å². The van der Waals surface area contributed by atoms with E-state index in [2.05, 4.69) is 25.2 Å². The summed E-state index contributed by atoms with van der Waals surface area (Å²) in [6.45, 7) is 6.95. The number of thioether (sulfide) groups is 1. The lowest BCUT2D eigenvalue weighted by Crippen LogP contribution is -2.53. The number of carbonyl (C=O) groups excluding carboxylic acids is 3. The van der Waals surface area contributed by atoms with Crippen molar-refractivity contribution >= 4 is 29.4 Å². The van der Waals surface area contributed by atoms with Crippen molar-refractivity contribution in [1.29, 1.82) is 0 Å². The third kappa shape index (κ3) is 3.23. The summed E-state index contributed by atoms with van der Waals surface area (Å²) in [6.07, 6.45) is 11.3. The van der Waals surface area contributed by atoms with Gasteiger partial charge in [0.1, 0.15) is 5.60 Å². The Morgan fingerprint density at radius 2 is 2.06 bits per heavy atom. The first-order chi connectivity index (χ1) is 15.2. The predicted octanol–water partition coefficient (Wildman–Crippen LogP) is 4.61. The summed E-state index contributed by atoms with van der Waals surface area (Å²) >= 11 is 1.94. The summed E-state index contributed by atoms with van der Waals surface area (Å²) in [4.78, 5) is 35.8. The summed E-state index contributed by atoms with van der Waals surface area (Å²) in [6, 6.07) is 0. The first kappa shape index (κ1) is 22.2. The van der Waals surface area contributed by atoms with Gasteiger partial charge < -0.3 is 10.1 Å². The molecule has 1 amide bonds. The highest BCUT2D eigenvalue weighted by Gasteiger charge is 2.66. The van der Waals surface area contributed by atoms with Crippen LogP contribution in [0.15, 0.2) is 23.3 Å². The number of hydrogen-bond acceptors (Lipinski definition) is 5. The van der Waals surface area contributed by atoms with E-state index in [4.69, 9.17) is 4.74 Å². The molecular weight excluding hydrogens is 422 g/mol. The van der Waals surface area contributed by atoms with Crippen LogP contribution < -0.4 is 5.32 Å². The Balaban J connectivity index is 0.00000259. The van der Waals surface area contributed by atoms with Crippen molar-refractivity contribution in [3.63, 3.8) is 0 Å². The van der Waals surface area contributed by atoms with Crippen LogP contribution in [-0.4, -0.2) is 40.8 Å². The molecule has 6 heteroatoms. The molecule has 3 fully saturated rings. The average Bonchev–Trinajstić information content (AvgIpc) is 3.26. The van der Waals surface area contributed by atoms with E-state index in [9.17, 15) is 14.4 Å².